The first kappa shape index (κ1) is 19.8. The number of unbranched alkanes of at least 4 members (excludes halogenated alkanes) is 4. The Balaban J connectivity index is 2.09. The second-order valence-corrected chi connectivity index (χ2v) is 5.72. The molecule has 0 saturated carbocycles. The van der Waals surface area contributed by atoms with Gasteiger partial charge >= 0.3 is 0 Å². The average molecular weight is 331 g/mol. The van der Waals surface area contributed by atoms with E-state index in [9.17, 15) is 9.90 Å². The fourth-order valence-corrected chi connectivity index (χ4v) is 2.41. The highest BCUT2D eigenvalue weighted by atomic mass is 16.5. The van der Waals surface area contributed by atoms with Crippen LogP contribution in [0.2, 0.25) is 0 Å². The van der Waals surface area contributed by atoms with E-state index < -0.39 is 0 Å². The molecule has 0 aromatic heterocycles. The van der Waals surface area contributed by atoms with Crippen molar-refractivity contribution in [2.75, 3.05) is 13.7 Å². The second kappa shape index (κ2) is 12.2. The number of ether oxygens (including phenoxy) is 1. The van der Waals surface area contributed by atoms with Crippen molar-refractivity contribution in [2.24, 2.45) is 0 Å². The Morgan fingerprint density at radius 3 is 2.83 bits per heavy atom. The summed E-state index contributed by atoms with van der Waals surface area (Å²) in [6.07, 6.45) is 12.6. The first-order valence-corrected chi connectivity index (χ1v) is 8.57. The Kier molecular flexibility index (Phi) is 10.1. The molecule has 0 bridgehead atoms. The van der Waals surface area contributed by atoms with Gasteiger partial charge in [0.15, 0.2) is 11.5 Å². The van der Waals surface area contributed by atoms with Crippen molar-refractivity contribution >= 4 is 5.91 Å². The third-order valence-corrected chi connectivity index (χ3v) is 3.78. The molecule has 1 amide bonds. The molecular formula is C20H29NO3. The van der Waals surface area contributed by atoms with Gasteiger partial charge in [-0.2, -0.15) is 0 Å². The quantitative estimate of drug-likeness (QED) is 0.447. The summed E-state index contributed by atoms with van der Waals surface area (Å²) in [6.45, 7) is 4.23. The molecule has 1 rings (SSSR count). The summed E-state index contributed by atoms with van der Waals surface area (Å²) in [5, 5.41) is 12.5. The van der Waals surface area contributed by atoms with Crippen LogP contribution in [0.3, 0.4) is 0 Å². The van der Waals surface area contributed by atoms with E-state index in [1.807, 2.05) is 12.1 Å². The predicted octanol–water partition coefficient (Wildman–Crippen LogP) is 4.14. The van der Waals surface area contributed by atoms with Crippen molar-refractivity contribution in [1.82, 2.24) is 5.32 Å². The van der Waals surface area contributed by atoms with Crippen LogP contribution in [0.25, 0.3) is 0 Å². The monoisotopic (exact) mass is 331 g/mol. The molecule has 0 fully saturated rings. The van der Waals surface area contributed by atoms with Gasteiger partial charge in [0.1, 0.15) is 0 Å². The van der Waals surface area contributed by atoms with E-state index in [0.29, 0.717) is 18.7 Å². The van der Waals surface area contributed by atoms with Gasteiger partial charge in [-0.3, -0.25) is 4.79 Å². The van der Waals surface area contributed by atoms with Crippen LogP contribution in [-0.2, 0) is 11.2 Å². The highest BCUT2D eigenvalue weighted by Gasteiger charge is 2.04. The summed E-state index contributed by atoms with van der Waals surface area (Å²) >= 11 is 0. The Labute approximate surface area is 145 Å². The zero-order chi connectivity index (χ0) is 17.6. The fourth-order valence-electron chi connectivity index (χ4n) is 2.41. The first-order valence-electron chi connectivity index (χ1n) is 8.57. The second-order valence-electron chi connectivity index (χ2n) is 5.72. The number of hydrogen-bond acceptors (Lipinski definition) is 3. The Bertz CT molecular complexity index is 538. The smallest absolute Gasteiger partial charge is 0.220 e. The Hall–Kier alpha value is -2.23. The maximum atomic E-state index is 11.8. The number of methoxy groups -OCH3 is 1. The minimum Gasteiger partial charge on any atom is -0.504 e. The molecule has 4 heteroatoms. The Morgan fingerprint density at radius 1 is 1.29 bits per heavy atom. The lowest BCUT2D eigenvalue weighted by Crippen LogP contribution is -2.25. The van der Waals surface area contributed by atoms with Crippen molar-refractivity contribution in [3.05, 3.63) is 48.6 Å². The highest BCUT2D eigenvalue weighted by molar-refractivity contribution is 5.75. The van der Waals surface area contributed by atoms with Crippen LogP contribution in [0.4, 0.5) is 0 Å². The summed E-state index contributed by atoms with van der Waals surface area (Å²) in [6, 6.07) is 5.24. The lowest BCUT2D eigenvalue weighted by Gasteiger charge is -2.08. The van der Waals surface area contributed by atoms with Crippen molar-refractivity contribution in [3.63, 3.8) is 0 Å². The molecule has 0 spiro atoms. The highest BCUT2D eigenvalue weighted by Crippen LogP contribution is 2.26. The fraction of sp³-hybridized carbons (Fsp3) is 0.450. The third kappa shape index (κ3) is 8.42. The number of carbonyl (C=O) groups excluding carboxylic acids is 1. The van der Waals surface area contributed by atoms with Gasteiger partial charge < -0.3 is 15.2 Å². The SMILES string of the molecule is C=C/C=C/CCCCCCC(=O)NCCc1ccc(O)c(OC)c1. The lowest BCUT2D eigenvalue weighted by molar-refractivity contribution is -0.121. The molecule has 0 radical (unpaired) electrons. The molecule has 1 aromatic carbocycles. The number of benzene rings is 1. The van der Waals surface area contributed by atoms with E-state index in [2.05, 4.69) is 18.0 Å². The summed E-state index contributed by atoms with van der Waals surface area (Å²) < 4.78 is 5.07. The molecule has 0 aliphatic rings. The van der Waals surface area contributed by atoms with Crippen molar-refractivity contribution < 1.29 is 14.6 Å². The third-order valence-electron chi connectivity index (χ3n) is 3.78. The molecule has 0 aliphatic carbocycles. The number of amides is 1. The zero-order valence-electron chi connectivity index (χ0n) is 14.6. The summed E-state index contributed by atoms with van der Waals surface area (Å²) in [7, 11) is 1.52. The van der Waals surface area contributed by atoms with Gasteiger partial charge in [-0.1, -0.05) is 43.7 Å². The minimum atomic E-state index is 0.104. The van der Waals surface area contributed by atoms with Gasteiger partial charge in [-0.15, -0.1) is 0 Å². The first-order chi connectivity index (χ1) is 11.7. The molecule has 2 N–H and O–H groups in total. The molecule has 132 valence electrons. The van der Waals surface area contributed by atoms with Gasteiger partial charge in [0, 0.05) is 13.0 Å². The van der Waals surface area contributed by atoms with Crippen LogP contribution in [-0.4, -0.2) is 24.7 Å². The Morgan fingerprint density at radius 2 is 2.08 bits per heavy atom. The number of hydrogen-bond donors (Lipinski definition) is 2. The molecule has 0 heterocycles. The number of allylic oxidation sites excluding steroid dienone is 3. The van der Waals surface area contributed by atoms with Crippen LogP contribution in [0, 0.1) is 0 Å². The molecule has 0 aliphatic heterocycles. The van der Waals surface area contributed by atoms with Crippen LogP contribution in [0.15, 0.2) is 43.0 Å². The molecule has 0 atom stereocenters. The predicted molar refractivity (Wildman–Crippen MR) is 98.4 cm³/mol. The zero-order valence-corrected chi connectivity index (χ0v) is 14.6. The molecular weight excluding hydrogens is 302 g/mol. The van der Waals surface area contributed by atoms with Crippen LogP contribution < -0.4 is 10.1 Å². The summed E-state index contributed by atoms with van der Waals surface area (Å²) in [5.41, 5.74) is 1.03. The maximum Gasteiger partial charge on any atom is 0.220 e. The number of aromatic hydroxyl groups is 1. The van der Waals surface area contributed by atoms with Gasteiger partial charge in [0.05, 0.1) is 7.11 Å². The van der Waals surface area contributed by atoms with E-state index in [0.717, 1.165) is 44.1 Å². The largest absolute Gasteiger partial charge is 0.504 e. The maximum absolute atomic E-state index is 11.8. The van der Waals surface area contributed by atoms with Crippen molar-refractivity contribution in [1.29, 1.82) is 0 Å². The summed E-state index contributed by atoms with van der Waals surface area (Å²) in [5.74, 6) is 0.694. The van der Waals surface area contributed by atoms with Gasteiger partial charge in [0.2, 0.25) is 5.91 Å². The lowest BCUT2D eigenvalue weighted by atomic mass is 10.1. The topological polar surface area (TPSA) is 58.6 Å². The van der Waals surface area contributed by atoms with E-state index in [4.69, 9.17) is 4.74 Å². The summed E-state index contributed by atoms with van der Waals surface area (Å²) in [4.78, 5) is 11.8. The van der Waals surface area contributed by atoms with E-state index in [1.54, 1.807) is 18.2 Å². The number of carbonyl (C=O) groups is 1. The molecule has 1 aromatic rings. The van der Waals surface area contributed by atoms with E-state index in [-0.39, 0.29) is 11.7 Å². The molecule has 0 unspecified atom stereocenters. The van der Waals surface area contributed by atoms with Crippen LogP contribution >= 0.6 is 0 Å². The number of nitrogens with one attached hydrogen (secondary N) is 1. The van der Waals surface area contributed by atoms with Crippen LogP contribution in [0.5, 0.6) is 11.5 Å². The van der Waals surface area contributed by atoms with Crippen LogP contribution in [0.1, 0.15) is 44.1 Å². The van der Waals surface area contributed by atoms with E-state index in [1.165, 1.54) is 7.11 Å². The number of phenolic OH excluding ortho intramolecular Hbond substituents is 1. The van der Waals surface area contributed by atoms with E-state index >= 15 is 0 Å². The van der Waals surface area contributed by atoms with Gasteiger partial charge in [-0.05, 0) is 43.4 Å². The average Bonchev–Trinajstić information content (AvgIpc) is 2.58. The molecule has 0 saturated heterocycles. The van der Waals surface area contributed by atoms with Crippen molar-refractivity contribution in [3.8, 4) is 11.5 Å². The minimum absolute atomic E-state index is 0.104. The van der Waals surface area contributed by atoms with Gasteiger partial charge in [-0.25, -0.2) is 0 Å². The molecule has 24 heavy (non-hydrogen) atoms. The van der Waals surface area contributed by atoms with Gasteiger partial charge in [0.25, 0.3) is 0 Å². The standard InChI is InChI=1S/C20H29NO3/c1-3-4-5-6-7-8-9-10-11-20(23)21-15-14-17-12-13-18(22)19(16-17)24-2/h3-5,12-13,16,22H,1,6-11,14-15H2,2H3,(H,21,23)/b5-4+. The normalized spacial score (nSPS) is 10.7. The number of phenols is 1. The van der Waals surface area contributed by atoms with Crippen molar-refractivity contribution in [2.45, 2.75) is 44.9 Å². The number of rotatable bonds is 12. The molecule has 4 nitrogen and oxygen atoms in total.